The van der Waals surface area contributed by atoms with Crippen molar-refractivity contribution in [2.75, 3.05) is 25.0 Å². The van der Waals surface area contributed by atoms with Crippen LogP contribution in [0.3, 0.4) is 0 Å². The number of allylic oxidation sites excluding steroid dienone is 2. The number of hydrogen-bond donors (Lipinski definition) is 4. The quantitative estimate of drug-likeness (QED) is 0.342. The Morgan fingerprint density at radius 1 is 0.935 bits per heavy atom. The van der Waals surface area contributed by atoms with Crippen molar-refractivity contribution in [2.45, 2.75) is 57.8 Å². The maximum absolute atomic E-state index is 12.6. The fraction of sp³-hybridized carbons (Fsp3) is 0.500. The number of carbonyl (C=O) groups excluding carboxylic acids is 1. The Morgan fingerprint density at radius 3 is 2.06 bits per heavy atom. The van der Waals surface area contributed by atoms with Crippen molar-refractivity contribution in [2.24, 2.45) is 0 Å². The van der Waals surface area contributed by atoms with E-state index in [1.807, 2.05) is 0 Å². The summed E-state index contributed by atoms with van der Waals surface area (Å²) in [4.78, 5) is 26.0. The van der Waals surface area contributed by atoms with Crippen LogP contribution in [0.5, 0.6) is 11.5 Å². The first kappa shape index (κ1) is 22.9. The van der Waals surface area contributed by atoms with E-state index >= 15 is 0 Å². The normalized spacial score (nSPS) is 16.5. The third-order valence-corrected chi connectivity index (χ3v) is 5.93. The second-order valence-electron chi connectivity index (χ2n) is 8.39. The number of carboxylic acid groups (broad SMARTS) is 1. The maximum Gasteiger partial charge on any atom is 0.339 e. The van der Waals surface area contributed by atoms with Crippen LogP contribution in [-0.4, -0.2) is 51.7 Å². The summed E-state index contributed by atoms with van der Waals surface area (Å²) in [6.07, 6.45) is 14.1. The van der Waals surface area contributed by atoms with Crippen molar-refractivity contribution < 1.29 is 24.9 Å². The Kier molecular flexibility index (Phi) is 8.12. The van der Waals surface area contributed by atoms with Gasteiger partial charge in [0.05, 0.1) is 0 Å². The van der Waals surface area contributed by atoms with Crippen LogP contribution in [0.2, 0.25) is 0 Å². The van der Waals surface area contributed by atoms with Crippen molar-refractivity contribution in [3.8, 4) is 11.5 Å². The fourth-order valence-corrected chi connectivity index (χ4v) is 4.22. The summed E-state index contributed by atoms with van der Waals surface area (Å²) in [6, 6.07) is 2.25. The standard InChI is InChI=1S/C24H32N2O5/c27-20-12-11-19(24(30)31)23(29)22(20)25-21(28)13-14-26(15-17-7-3-1-4-8-17)16-18-9-5-2-6-10-18/h7,9,11-12,27,29H,1-6,8,10,13-16H2,(H,25,28)(H,30,31). The highest BCUT2D eigenvalue weighted by atomic mass is 16.4. The van der Waals surface area contributed by atoms with Gasteiger partial charge in [-0.15, -0.1) is 0 Å². The zero-order valence-electron chi connectivity index (χ0n) is 17.9. The number of anilines is 1. The van der Waals surface area contributed by atoms with Gasteiger partial charge in [-0.2, -0.15) is 0 Å². The molecule has 0 aliphatic heterocycles. The zero-order valence-corrected chi connectivity index (χ0v) is 17.9. The Hall–Kier alpha value is -2.80. The maximum atomic E-state index is 12.6. The summed E-state index contributed by atoms with van der Waals surface area (Å²) in [6.45, 7) is 2.23. The summed E-state index contributed by atoms with van der Waals surface area (Å²) >= 11 is 0. The van der Waals surface area contributed by atoms with Crippen LogP contribution in [0.25, 0.3) is 0 Å². The number of benzene rings is 1. The van der Waals surface area contributed by atoms with E-state index in [0.29, 0.717) is 6.54 Å². The smallest absolute Gasteiger partial charge is 0.339 e. The number of aromatic hydroxyl groups is 2. The summed E-state index contributed by atoms with van der Waals surface area (Å²) in [5, 5.41) is 31.7. The average molecular weight is 429 g/mol. The number of carboxylic acids is 1. The molecule has 7 heteroatoms. The molecule has 0 spiro atoms. The number of amides is 1. The van der Waals surface area contributed by atoms with E-state index in [9.17, 15) is 19.8 Å². The van der Waals surface area contributed by atoms with E-state index in [0.717, 1.165) is 50.9 Å². The number of rotatable bonds is 9. The van der Waals surface area contributed by atoms with Gasteiger partial charge in [-0.05, 0) is 63.5 Å². The second kappa shape index (κ2) is 11.0. The van der Waals surface area contributed by atoms with Gasteiger partial charge in [0.1, 0.15) is 17.0 Å². The molecular weight excluding hydrogens is 396 g/mol. The average Bonchev–Trinajstić information content (AvgIpc) is 2.76. The van der Waals surface area contributed by atoms with Gasteiger partial charge in [0.15, 0.2) is 5.75 Å². The molecule has 0 saturated heterocycles. The van der Waals surface area contributed by atoms with E-state index in [1.54, 1.807) is 0 Å². The number of phenolic OH excluding ortho intramolecular Hbond substituents is 1. The van der Waals surface area contributed by atoms with Gasteiger partial charge in [-0.1, -0.05) is 23.3 Å². The molecule has 0 saturated carbocycles. The second-order valence-corrected chi connectivity index (χ2v) is 8.39. The van der Waals surface area contributed by atoms with Crippen LogP contribution in [0.15, 0.2) is 35.4 Å². The number of hydrogen-bond acceptors (Lipinski definition) is 5. The Bertz CT molecular complexity index is 847. The summed E-state index contributed by atoms with van der Waals surface area (Å²) in [5.41, 5.74) is 2.21. The van der Waals surface area contributed by atoms with Crippen LogP contribution in [0, 0.1) is 0 Å². The van der Waals surface area contributed by atoms with Crippen LogP contribution in [-0.2, 0) is 4.79 Å². The highest BCUT2D eigenvalue weighted by Gasteiger charge is 2.20. The molecule has 7 nitrogen and oxygen atoms in total. The molecule has 4 N–H and O–H groups in total. The molecule has 0 bridgehead atoms. The van der Waals surface area contributed by atoms with Crippen LogP contribution < -0.4 is 5.32 Å². The first-order valence-corrected chi connectivity index (χ1v) is 11.1. The molecule has 2 aliphatic carbocycles. The molecule has 31 heavy (non-hydrogen) atoms. The van der Waals surface area contributed by atoms with Gasteiger partial charge in [0, 0.05) is 26.1 Å². The minimum atomic E-state index is -1.33. The molecule has 1 aromatic carbocycles. The summed E-state index contributed by atoms with van der Waals surface area (Å²) in [5.74, 6) is -2.72. The van der Waals surface area contributed by atoms with E-state index in [2.05, 4.69) is 22.4 Å². The molecule has 3 rings (SSSR count). The third kappa shape index (κ3) is 6.59. The summed E-state index contributed by atoms with van der Waals surface area (Å²) in [7, 11) is 0. The van der Waals surface area contributed by atoms with E-state index in [-0.39, 0.29) is 29.3 Å². The molecule has 0 radical (unpaired) electrons. The number of phenols is 2. The predicted octanol–water partition coefficient (Wildman–Crippen LogP) is 4.43. The lowest BCUT2D eigenvalue weighted by Crippen LogP contribution is -2.32. The third-order valence-electron chi connectivity index (χ3n) is 5.93. The minimum Gasteiger partial charge on any atom is -0.506 e. The lowest BCUT2D eigenvalue weighted by Gasteiger charge is -2.27. The van der Waals surface area contributed by atoms with E-state index < -0.39 is 11.7 Å². The van der Waals surface area contributed by atoms with E-state index in [4.69, 9.17) is 5.11 Å². The van der Waals surface area contributed by atoms with Crippen LogP contribution in [0.4, 0.5) is 5.69 Å². The van der Waals surface area contributed by atoms with Gasteiger partial charge in [-0.25, -0.2) is 4.79 Å². The van der Waals surface area contributed by atoms with Crippen molar-refractivity contribution in [1.82, 2.24) is 4.90 Å². The first-order chi connectivity index (χ1) is 14.9. The number of carbonyl (C=O) groups is 2. The molecule has 0 unspecified atom stereocenters. The highest BCUT2D eigenvalue weighted by molar-refractivity contribution is 5.99. The van der Waals surface area contributed by atoms with Crippen molar-refractivity contribution in [1.29, 1.82) is 0 Å². The summed E-state index contributed by atoms with van der Waals surface area (Å²) < 4.78 is 0. The van der Waals surface area contributed by atoms with Gasteiger partial charge in [0.2, 0.25) is 5.91 Å². The first-order valence-electron chi connectivity index (χ1n) is 11.1. The van der Waals surface area contributed by atoms with Crippen molar-refractivity contribution in [3.05, 3.63) is 41.0 Å². The molecule has 0 fully saturated rings. The lowest BCUT2D eigenvalue weighted by molar-refractivity contribution is -0.116. The topological polar surface area (TPSA) is 110 Å². The number of aromatic carboxylic acids is 1. The number of nitrogens with zero attached hydrogens (tertiary/aromatic N) is 1. The Labute approximate surface area is 183 Å². The molecule has 168 valence electrons. The molecule has 1 aromatic rings. The molecule has 1 amide bonds. The molecule has 0 atom stereocenters. The highest BCUT2D eigenvalue weighted by Crippen LogP contribution is 2.36. The van der Waals surface area contributed by atoms with Gasteiger partial charge < -0.3 is 20.6 Å². The molecule has 0 aromatic heterocycles. The van der Waals surface area contributed by atoms with Crippen LogP contribution in [0.1, 0.15) is 68.1 Å². The van der Waals surface area contributed by atoms with Gasteiger partial charge in [0.25, 0.3) is 0 Å². The monoisotopic (exact) mass is 428 g/mol. The minimum absolute atomic E-state index is 0.177. The molecular formula is C24H32N2O5. The molecule has 0 heterocycles. The van der Waals surface area contributed by atoms with Crippen molar-refractivity contribution >= 4 is 17.6 Å². The fourth-order valence-electron chi connectivity index (χ4n) is 4.22. The lowest BCUT2D eigenvalue weighted by atomic mass is 9.97. The Balaban J connectivity index is 1.64. The van der Waals surface area contributed by atoms with Gasteiger partial charge in [-0.3, -0.25) is 9.69 Å². The van der Waals surface area contributed by atoms with Crippen LogP contribution >= 0.6 is 0 Å². The predicted molar refractivity (Wildman–Crippen MR) is 120 cm³/mol. The van der Waals surface area contributed by atoms with Crippen molar-refractivity contribution in [3.63, 3.8) is 0 Å². The van der Waals surface area contributed by atoms with Gasteiger partial charge >= 0.3 is 5.97 Å². The SMILES string of the molecule is O=C(CCN(CC1=CCCCC1)CC1=CCCCC1)Nc1c(O)ccc(C(=O)O)c1O. The number of nitrogens with one attached hydrogen (secondary N) is 1. The van der Waals surface area contributed by atoms with E-state index in [1.165, 1.54) is 36.8 Å². The zero-order chi connectivity index (χ0) is 22.2. The Morgan fingerprint density at radius 2 is 1.55 bits per heavy atom. The largest absolute Gasteiger partial charge is 0.506 e. The molecule has 2 aliphatic rings.